The van der Waals surface area contributed by atoms with E-state index in [9.17, 15) is 14.7 Å². The van der Waals surface area contributed by atoms with Gasteiger partial charge in [-0.3, -0.25) is 9.59 Å². The second-order valence-corrected chi connectivity index (χ2v) is 7.06. The molecule has 2 aliphatic carbocycles. The number of carboxylic acids is 1. The molecule has 136 valence electrons. The van der Waals surface area contributed by atoms with Crippen molar-refractivity contribution in [2.24, 2.45) is 11.8 Å². The molecule has 0 spiro atoms. The first-order valence-electron chi connectivity index (χ1n) is 9.22. The third-order valence-electron chi connectivity index (χ3n) is 5.46. The van der Waals surface area contributed by atoms with Gasteiger partial charge in [0.2, 0.25) is 0 Å². The van der Waals surface area contributed by atoms with Crippen LogP contribution in [-0.4, -0.2) is 30.1 Å². The summed E-state index contributed by atoms with van der Waals surface area (Å²) in [6.07, 6.45) is 7.46. The normalized spacial score (nSPS) is 24.0. The molecule has 1 aromatic carbocycles. The Kier molecular flexibility index (Phi) is 5.61. The molecule has 0 unspecified atom stereocenters. The van der Waals surface area contributed by atoms with Gasteiger partial charge in [-0.2, -0.15) is 0 Å². The smallest absolute Gasteiger partial charge is 0.307 e. The second kappa shape index (κ2) is 7.89. The van der Waals surface area contributed by atoms with Crippen LogP contribution in [-0.2, 0) is 4.79 Å². The SMILES string of the molecule is COc1c(OC2CCCC2)cccc1C(=O)[C@H]1CCCC[C@H]1C(=O)O. The predicted molar refractivity (Wildman–Crippen MR) is 93.3 cm³/mol. The van der Waals surface area contributed by atoms with Crippen molar-refractivity contribution in [1.82, 2.24) is 0 Å². The maximum absolute atomic E-state index is 13.1. The number of ketones is 1. The first-order valence-corrected chi connectivity index (χ1v) is 9.22. The zero-order valence-electron chi connectivity index (χ0n) is 14.7. The highest BCUT2D eigenvalue weighted by Gasteiger charge is 2.37. The van der Waals surface area contributed by atoms with Crippen molar-refractivity contribution >= 4 is 11.8 Å². The van der Waals surface area contributed by atoms with Crippen LogP contribution in [0.2, 0.25) is 0 Å². The second-order valence-electron chi connectivity index (χ2n) is 7.06. The molecular weight excluding hydrogens is 320 g/mol. The predicted octanol–water partition coefficient (Wildman–Crippen LogP) is 4.09. The third kappa shape index (κ3) is 3.80. The monoisotopic (exact) mass is 346 g/mol. The minimum absolute atomic E-state index is 0.138. The van der Waals surface area contributed by atoms with Crippen molar-refractivity contribution in [2.45, 2.75) is 57.5 Å². The zero-order valence-corrected chi connectivity index (χ0v) is 14.7. The van der Waals surface area contributed by atoms with Gasteiger partial charge in [0.15, 0.2) is 17.3 Å². The number of hydrogen-bond donors (Lipinski definition) is 1. The summed E-state index contributed by atoms with van der Waals surface area (Å²) in [6.45, 7) is 0. The molecule has 0 heterocycles. The number of carboxylic acid groups (broad SMARTS) is 1. The van der Waals surface area contributed by atoms with Crippen molar-refractivity contribution in [3.05, 3.63) is 23.8 Å². The van der Waals surface area contributed by atoms with E-state index < -0.39 is 17.8 Å². The van der Waals surface area contributed by atoms with Crippen LogP contribution in [0, 0.1) is 11.8 Å². The van der Waals surface area contributed by atoms with Gasteiger partial charge in [-0.05, 0) is 50.7 Å². The van der Waals surface area contributed by atoms with Crippen LogP contribution >= 0.6 is 0 Å². The number of para-hydroxylation sites is 1. The Balaban J connectivity index is 1.87. The van der Waals surface area contributed by atoms with Crippen LogP contribution in [0.15, 0.2) is 18.2 Å². The van der Waals surface area contributed by atoms with Gasteiger partial charge in [0.05, 0.1) is 24.7 Å². The Morgan fingerprint density at radius 2 is 1.64 bits per heavy atom. The van der Waals surface area contributed by atoms with Gasteiger partial charge in [0.25, 0.3) is 0 Å². The fourth-order valence-electron chi connectivity index (χ4n) is 4.14. The summed E-state index contributed by atoms with van der Waals surface area (Å²) < 4.78 is 11.6. The molecule has 2 fully saturated rings. The molecule has 0 aliphatic heterocycles. The van der Waals surface area contributed by atoms with E-state index in [0.29, 0.717) is 29.9 Å². The molecular formula is C20H26O5. The maximum atomic E-state index is 13.1. The molecule has 1 aromatic rings. The highest BCUT2D eigenvalue weighted by Crippen LogP contribution is 2.39. The lowest BCUT2D eigenvalue weighted by Crippen LogP contribution is -2.33. The number of Topliss-reactive ketones (excluding diaryl/α,β-unsaturated/α-hetero) is 1. The quantitative estimate of drug-likeness (QED) is 0.785. The van der Waals surface area contributed by atoms with E-state index in [-0.39, 0.29) is 11.9 Å². The van der Waals surface area contributed by atoms with Crippen LogP contribution < -0.4 is 9.47 Å². The standard InChI is InChI=1S/C20H26O5/c1-24-19-16(11-6-12-17(19)25-13-7-2-3-8-13)18(21)14-9-4-5-10-15(14)20(22)23/h6,11-15H,2-5,7-10H2,1H3,(H,22,23)/t14-,15+/m0/s1. The van der Waals surface area contributed by atoms with Crippen molar-refractivity contribution in [3.8, 4) is 11.5 Å². The molecule has 3 rings (SSSR count). The minimum Gasteiger partial charge on any atom is -0.492 e. The van der Waals surface area contributed by atoms with Crippen LogP contribution in [0.25, 0.3) is 0 Å². The van der Waals surface area contributed by atoms with Crippen molar-refractivity contribution in [2.75, 3.05) is 7.11 Å². The summed E-state index contributed by atoms with van der Waals surface area (Å²) in [7, 11) is 1.53. The number of hydrogen-bond acceptors (Lipinski definition) is 4. The van der Waals surface area contributed by atoms with Gasteiger partial charge in [-0.1, -0.05) is 18.9 Å². The average molecular weight is 346 g/mol. The molecule has 5 heteroatoms. The van der Waals surface area contributed by atoms with Crippen molar-refractivity contribution in [3.63, 3.8) is 0 Å². The fraction of sp³-hybridized carbons (Fsp3) is 0.600. The number of benzene rings is 1. The number of rotatable bonds is 6. The summed E-state index contributed by atoms with van der Waals surface area (Å²) >= 11 is 0. The molecule has 2 atom stereocenters. The van der Waals surface area contributed by atoms with E-state index in [1.165, 1.54) is 7.11 Å². The molecule has 2 saturated carbocycles. The summed E-state index contributed by atoms with van der Waals surface area (Å²) in [5.74, 6) is -1.08. The molecule has 0 aromatic heterocycles. The number of carbonyl (C=O) groups is 2. The van der Waals surface area contributed by atoms with E-state index in [1.54, 1.807) is 12.1 Å². The summed E-state index contributed by atoms with van der Waals surface area (Å²) in [4.78, 5) is 24.6. The van der Waals surface area contributed by atoms with E-state index in [2.05, 4.69) is 0 Å². The molecule has 0 amide bonds. The lowest BCUT2D eigenvalue weighted by atomic mass is 9.75. The molecule has 5 nitrogen and oxygen atoms in total. The van der Waals surface area contributed by atoms with E-state index >= 15 is 0 Å². The van der Waals surface area contributed by atoms with Crippen LogP contribution in [0.5, 0.6) is 11.5 Å². The van der Waals surface area contributed by atoms with Crippen LogP contribution in [0.1, 0.15) is 61.7 Å². The van der Waals surface area contributed by atoms with Gasteiger partial charge in [-0.25, -0.2) is 0 Å². The lowest BCUT2D eigenvalue weighted by Gasteiger charge is -2.28. The van der Waals surface area contributed by atoms with E-state index in [0.717, 1.165) is 38.5 Å². The summed E-state index contributed by atoms with van der Waals surface area (Å²) in [5.41, 5.74) is 0.441. The Morgan fingerprint density at radius 3 is 2.28 bits per heavy atom. The zero-order chi connectivity index (χ0) is 17.8. The van der Waals surface area contributed by atoms with Gasteiger partial charge in [-0.15, -0.1) is 0 Å². The maximum Gasteiger partial charge on any atom is 0.307 e. The molecule has 25 heavy (non-hydrogen) atoms. The molecule has 0 bridgehead atoms. The number of methoxy groups -OCH3 is 1. The van der Waals surface area contributed by atoms with Crippen LogP contribution in [0.4, 0.5) is 0 Å². The minimum atomic E-state index is -0.879. The number of ether oxygens (including phenoxy) is 2. The fourth-order valence-corrected chi connectivity index (χ4v) is 4.14. The largest absolute Gasteiger partial charge is 0.492 e. The summed E-state index contributed by atoms with van der Waals surface area (Å²) in [6, 6.07) is 5.33. The van der Waals surface area contributed by atoms with Gasteiger partial charge in [0, 0.05) is 5.92 Å². The topological polar surface area (TPSA) is 72.8 Å². The molecule has 0 saturated heterocycles. The third-order valence-corrected chi connectivity index (χ3v) is 5.46. The highest BCUT2D eigenvalue weighted by molar-refractivity contribution is 6.02. The average Bonchev–Trinajstić information content (AvgIpc) is 3.14. The van der Waals surface area contributed by atoms with Gasteiger partial charge < -0.3 is 14.6 Å². The Labute approximate surface area is 148 Å². The van der Waals surface area contributed by atoms with Gasteiger partial charge in [0.1, 0.15) is 0 Å². The van der Waals surface area contributed by atoms with E-state index in [1.807, 2.05) is 6.07 Å². The van der Waals surface area contributed by atoms with Crippen molar-refractivity contribution < 1.29 is 24.2 Å². The Hall–Kier alpha value is -2.04. The van der Waals surface area contributed by atoms with Crippen LogP contribution in [0.3, 0.4) is 0 Å². The van der Waals surface area contributed by atoms with Crippen molar-refractivity contribution in [1.29, 1.82) is 0 Å². The molecule has 2 aliphatic rings. The van der Waals surface area contributed by atoms with E-state index in [4.69, 9.17) is 9.47 Å². The number of carbonyl (C=O) groups excluding carboxylic acids is 1. The lowest BCUT2D eigenvalue weighted by molar-refractivity contribution is -0.144. The van der Waals surface area contributed by atoms with Gasteiger partial charge >= 0.3 is 5.97 Å². The molecule has 0 radical (unpaired) electrons. The Bertz CT molecular complexity index is 633. The summed E-state index contributed by atoms with van der Waals surface area (Å²) in [5, 5.41) is 9.47. The first kappa shape index (κ1) is 17.8. The molecule has 1 N–H and O–H groups in total. The highest BCUT2D eigenvalue weighted by atomic mass is 16.5. The first-order chi connectivity index (χ1) is 12.1. The number of aliphatic carboxylic acids is 1. The Morgan fingerprint density at radius 1 is 1.00 bits per heavy atom.